The molecule has 4 heterocycles. The van der Waals surface area contributed by atoms with Crippen molar-refractivity contribution in [3.8, 4) is 5.75 Å². The Morgan fingerprint density at radius 2 is 2.21 bits per heavy atom. The lowest BCUT2D eigenvalue weighted by Gasteiger charge is -2.49. The van der Waals surface area contributed by atoms with E-state index < -0.39 is 0 Å². The standard InChI is InChI=1S/C13H21N5O/c1-19-11-3-2-4-15-13(11)12(16-14)10-9-17-5-7-18(10)8-6-17/h2-4,10,12,16H,5-9,14H2,1H3. The topological polar surface area (TPSA) is 66.7 Å². The van der Waals surface area contributed by atoms with Gasteiger partial charge in [-0.3, -0.25) is 20.6 Å². The van der Waals surface area contributed by atoms with Gasteiger partial charge in [-0.1, -0.05) is 0 Å². The highest BCUT2D eigenvalue weighted by Crippen LogP contribution is 2.30. The van der Waals surface area contributed by atoms with Gasteiger partial charge in [0.15, 0.2) is 0 Å². The van der Waals surface area contributed by atoms with Crippen LogP contribution in [0.4, 0.5) is 0 Å². The van der Waals surface area contributed by atoms with E-state index in [1.165, 1.54) is 0 Å². The van der Waals surface area contributed by atoms with Crippen molar-refractivity contribution in [1.29, 1.82) is 0 Å². The van der Waals surface area contributed by atoms with Crippen molar-refractivity contribution < 1.29 is 4.74 Å². The van der Waals surface area contributed by atoms with Gasteiger partial charge in [0.25, 0.3) is 0 Å². The van der Waals surface area contributed by atoms with Crippen LogP contribution in [0.15, 0.2) is 18.3 Å². The number of nitrogens with two attached hydrogens (primary N) is 1. The van der Waals surface area contributed by atoms with Gasteiger partial charge >= 0.3 is 0 Å². The third-order valence-electron chi connectivity index (χ3n) is 4.20. The van der Waals surface area contributed by atoms with E-state index in [1.807, 2.05) is 12.1 Å². The van der Waals surface area contributed by atoms with Gasteiger partial charge in [0.1, 0.15) is 11.4 Å². The number of hydrogen-bond donors (Lipinski definition) is 2. The number of hydrazine groups is 1. The summed E-state index contributed by atoms with van der Waals surface area (Å²) in [6.07, 6.45) is 1.79. The van der Waals surface area contributed by atoms with Gasteiger partial charge in [0.2, 0.25) is 0 Å². The SMILES string of the molecule is COc1cccnc1C(NN)C1CN2CCN1CC2. The Hall–Kier alpha value is -1.21. The van der Waals surface area contributed by atoms with Crippen LogP contribution in [-0.2, 0) is 0 Å². The minimum atomic E-state index is -0.000694. The van der Waals surface area contributed by atoms with Crippen LogP contribution >= 0.6 is 0 Å². The summed E-state index contributed by atoms with van der Waals surface area (Å²) in [4.78, 5) is 9.46. The minimum Gasteiger partial charge on any atom is -0.495 e. The number of hydrogen-bond acceptors (Lipinski definition) is 6. The van der Waals surface area contributed by atoms with Crippen LogP contribution in [0.5, 0.6) is 5.75 Å². The van der Waals surface area contributed by atoms with E-state index in [0.29, 0.717) is 6.04 Å². The normalized spacial score (nSPS) is 31.2. The third kappa shape index (κ3) is 2.32. The van der Waals surface area contributed by atoms with Crippen LogP contribution in [0.2, 0.25) is 0 Å². The fourth-order valence-corrected chi connectivity index (χ4v) is 3.15. The van der Waals surface area contributed by atoms with Gasteiger partial charge in [-0.25, -0.2) is 5.43 Å². The molecule has 0 spiro atoms. The van der Waals surface area contributed by atoms with Crippen LogP contribution in [0.25, 0.3) is 0 Å². The van der Waals surface area contributed by atoms with Crippen molar-refractivity contribution in [2.24, 2.45) is 5.84 Å². The first-order valence-corrected chi connectivity index (χ1v) is 6.75. The molecule has 2 atom stereocenters. The second kappa shape index (κ2) is 5.42. The molecule has 3 aliphatic heterocycles. The number of ether oxygens (including phenoxy) is 1. The number of methoxy groups -OCH3 is 1. The molecule has 0 amide bonds. The summed E-state index contributed by atoms with van der Waals surface area (Å²) >= 11 is 0. The molecule has 0 saturated carbocycles. The molecule has 0 aromatic carbocycles. The second-order valence-electron chi connectivity index (χ2n) is 5.14. The van der Waals surface area contributed by atoms with E-state index in [4.69, 9.17) is 10.6 Å². The Morgan fingerprint density at radius 3 is 2.79 bits per heavy atom. The van der Waals surface area contributed by atoms with Gasteiger partial charge in [0.05, 0.1) is 13.2 Å². The Bertz CT molecular complexity index is 433. The molecule has 19 heavy (non-hydrogen) atoms. The molecule has 3 N–H and O–H groups in total. The summed E-state index contributed by atoms with van der Waals surface area (Å²) in [5, 5.41) is 0. The van der Waals surface area contributed by atoms with Crippen molar-refractivity contribution in [2.45, 2.75) is 12.1 Å². The highest BCUT2D eigenvalue weighted by Gasteiger charge is 2.38. The molecular formula is C13H21N5O. The first kappa shape index (κ1) is 12.8. The van der Waals surface area contributed by atoms with Crippen molar-refractivity contribution in [1.82, 2.24) is 20.2 Å². The van der Waals surface area contributed by atoms with Crippen molar-refractivity contribution in [3.05, 3.63) is 24.0 Å². The number of nitrogens with one attached hydrogen (secondary N) is 1. The maximum Gasteiger partial charge on any atom is 0.142 e. The smallest absolute Gasteiger partial charge is 0.142 e. The Kier molecular flexibility index (Phi) is 3.65. The number of fused-ring (bicyclic) bond motifs is 3. The van der Waals surface area contributed by atoms with Crippen molar-refractivity contribution >= 4 is 0 Å². The van der Waals surface area contributed by atoms with E-state index in [2.05, 4.69) is 20.2 Å². The molecule has 2 bridgehead atoms. The molecule has 6 heteroatoms. The van der Waals surface area contributed by atoms with E-state index >= 15 is 0 Å². The summed E-state index contributed by atoms with van der Waals surface area (Å²) in [6.45, 7) is 5.57. The zero-order valence-electron chi connectivity index (χ0n) is 11.2. The quantitative estimate of drug-likeness (QED) is 0.569. The fraction of sp³-hybridized carbons (Fsp3) is 0.615. The van der Waals surface area contributed by atoms with E-state index in [1.54, 1.807) is 13.3 Å². The molecule has 3 saturated heterocycles. The molecule has 3 fully saturated rings. The lowest BCUT2D eigenvalue weighted by molar-refractivity contribution is -0.00467. The van der Waals surface area contributed by atoms with Crippen LogP contribution in [0.1, 0.15) is 11.7 Å². The molecule has 3 aliphatic rings. The maximum atomic E-state index is 5.80. The summed E-state index contributed by atoms with van der Waals surface area (Å²) in [7, 11) is 1.67. The number of rotatable bonds is 4. The Balaban J connectivity index is 1.88. The molecule has 4 rings (SSSR count). The van der Waals surface area contributed by atoms with Crippen LogP contribution in [0, 0.1) is 0 Å². The van der Waals surface area contributed by atoms with Crippen LogP contribution in [0.3, 0.4) is 0 Å². The van der Waals surface area contributed by atoms with E-state index in [-0.39, 0.29) is 6.04 Å². The minimum absolute atomic E-state index is 0.000694. The van der Waals surface area contributed by atoms with Gasteiger partial charge in [-0.15, -0.1) is 0 Å². The highest BCUT2D eigenvalue weighted by molar-refractivity contribution is 5.31. The van der Waals surface area contributed by atoms with Crippen molar-refractivity contribution in [2.75, 3.05) is 39.8 Å². The van der Waals surface area contributed by atoms with Crippen LogP contribution < -0.4 is 16.0 Å². The summed E-state index contributed by atoms with van der Waals surface area (Å²) in [6, 6.07) is 4.17. The summed E-state index contributed by atoms with van der Waals surface area (Å²) in [5.41, 5.74) is 3.83. The number of nitrogens with zero attached hydrogens (tertiary/aromatic N) is 3. The summed E-state index contributed by atoms with van der Waals surface area (Å²) in [5.74, 6) is 6.59. The number of piperazine rings is 3. The highest BCUT2D eigenvalue weighted by atomic mass is 16.5. The molecule has 6 nitrogen and oxygen atoms in total. The van der Waals surface area contributed by atoms with Gasteiger partial charge < -0.3 is 4.74 Å². The number of pyridine rings is 1. The monoisotopic (exact) mass is 263 g/mol. The van der Waals surface area contributed by atoms with Crippen LogP contribution in [-0.4, -0.2) is 60.7 Å². The molecule has 0 aliphatic carbocycles. The largest absolute Gasteiger partial charge is 0.495 e. The third-order valence-corrected chi connectivity index (χ3v) is 4.20. The molecule has 1 aromatic heterocycles. The zero-order valence-corrected chi connectivity index (χ0v) is 11.2. The average molecular weight is 263 g/mol. The lowest BCUT2D eigenvalue weighted by atomic mass is 9.97. The van der Waals surface area contributed by atoms with Gasteiger partial charge in [-0.05, 0) is 12.1 Å². The lowest BCUT2D eigenvalue weighted by Crippen LogP contribution is -2.64. The molecular weight excluding hydrogens is 242 g/mol. The first-order chi connectivity index (χ1) is 9.33. The second-order valence-corrected chi connectivity index (χ2v) is 5.14. The summed E-state index contributed by atoms with van der Waals surface area (Å²) < 4.78 is 5.41. The average Bonchev–Trinajstić information content (AvgIpc) is 2.50. The van der Waals surface area contributed by atoms with Gasteiger partial charge in [0, 0.05) is 45.0 Å². The predicted molar refractivity (Wildman–Crippen MR) is 72.7 cm³/mol. The predicted octanol–water partition coefficient (Wildman–Crippen LogP) is -0.406. The maximum absolute atomic E-state index is 5.80. The Morgan fingerprint density at radius 1 is 1.42 bits per heavy atom. The van der Waals surface area contributed by atoms with Crippen molar-refractivity contribution in [3.63, 3.8) is 0 Å². The fourth-order valence-electron chi connectivity index (χ4n) is 3.15. The van der Waals surface area contributed by atoms with Gasteiger partial charge in [-0.2, -0.15) is 0 Å². The molecule has 2 unspecified atom stereocenters. The number of aromatic nitrogens is 1. The van der Waals surface area contributed by atoms with E-state index in [0.717, 1.165) is 44.2 Å². The Labute approximate surface area is 113 Å². The first-order valence-electron chi connectivity index (χ1n) is 6.75. The zero-order chi connectivity index (χ0) is 13.2. The van der Waals surface area contributed by atoms with E-state index in [9.17, 15) is 0 Å². The molecule has 0 radical (unpaired) electrons. The molecule has 104 valence electrons. The molecule has 1 aromatic rings.